The minimum atomic E-state index is -3.95. The van der Waals surface area contributed by atoms with Gasteiger partial charge in [0.1, 0.15) is 13.2 Å². The molecule has 0 bridgehead atoms. The third kappa shape index (κ3) is 7.63. The molecule has 1 saturated carbocycles. The lowest BCUT2D eigenvalue weighted by Crippen LogP contribution is -2.49. The van der Waals surface area contributed by atoms with Gasteiger partial charge in [-0.2, -0.15) is 0 Å². The normalized spacial score (nSPS) is 25.1. The number of quaternary nitrogens is 1. The van der Waals surface area contributed by atoms with E-state index >= 15 is 0 Å². The molecule has 2 aliphatic rings. The number of rotatable bonds is 9. The summed E-state index contributed by atoms with van der Waals surface area (Å²) >= 11 is 0. The maximum atomic E-state index is 11.9. The van der Waals surface area contributed by atoms with E-state index in [1.807, 2.05) is 0 Å². The molecule has 1 atom stereocenters. The zero-order valence-electron chi connectivity index (χ0n) is 14.5. The maximum absolute atomic E-state index is 11.9. The van der Waals surface area contributed by atoms with E-state index in [1.54, 1.807) is 0 Å². The van der Waals surface area contributed by atoms with Crippen LogP contribution in [0.5, 0.6) is 0 Å². The fraction of sp³-hybridized carbons (Fsp3) is 1.00. The molecule has 0 aromatic rings. The predicted molar refractivity (Wildman–Crippen MR) is 89.2 cm³/mol. The Balaban J connectivity index is 1.55. The second-order valence-electron chi connectivity index (χ2n) is 7.12. The van der Waals surface area contributed by atoms with Gasteiger partial charge in [0.25, 0.3) is 0 Å². The van der Waals surface area contributed by atoms with Crippen molar-refractivity contribution in [3.63, 3.8) is 0 Å². The van der Waals surface area contributed by atoms with Crippen molar-refractivity contribution in [1.82, 2.24) is 0 Å². The average molecular weight is 350 g/mol. The molecule has 0 amide bonds. The smallest absolute Gasteiger partial charge is 0.376 e. The molecular formula is C16H33NO5P+. The first-order chi connectivity index (χ1) is 11.0. The molecule has 136 valence electrons. The number of phosphoric acid groups is 1. The molecule has 0 radical (unpaired) electrons. The van der Waals surface area contributed by atoms with Gasteiger partial charge in [-0.25, -0.2) is 4.57 Å². The molecule has 1 heterocycles. The number of likely N-dealkylation sites (N-methyl/N-ethyl adjacent to an activating group) is 1. The lowest BCUT2D eigenvalue weighted by molar-refractivity contribution is -0.914. The molecule has 6 nitrogen and oxygen atoms in total. The van der Waals surface area contributed by atoms with Gasteiger partial charge in [0.05, 0.1) is 39.5 Å². The zero-order chi connectivity index (χ0) is 16.6. The van der Waals surface area contributed by atoms with Gasteiger partial charge in [-0.05, 0) is 32.1 Å². The molecule has 1 aliphatic carbocycles. The van der Waals surface area contributed by atoms with Crippen LogP contribution in [-0.4, -0.2) is 62.0 Å². The summed E-state index contributed by atoms with van der Waals surface area (Å²) in [6.45, 7) is 3.72. The molecule has 2 fully saturated rings. The van der Waals surface area contributed by atoms with Crippen LogP contribution in [-0.2, 0) is 18.3 Å². The molecule has 1 N–H and O–H groups in total. The second-order valence-corrected chi connectivity index (χ2v) is 8.57. The van der Waals surface area contributed by atoms with Crippen molar-refractivity contribution in [1.29, 1.82) is 0 Å². The standard InChI is InChI=1S/C16H32NO5P/c1-17(10-6-3-7-11-17)12-13-21-23(18,19)22-15-14-20-16-8-4-2-5-9-16/h16H,2-15H2,1H3/p+1. The van der Waals surface area contributed by atoms with Crippen LogP contribution in [0.15, 0.2) is 0 Å². The molecule has 23 heavy (non-hydrogen) atoms. The van der Waals surface area contributed by atoms with Crippen LogP contribution in [0.1, 0.15) is 51.4 Å². The molecule has 1 aliphatic heterocycles. The fourth-order valence-corrected chi connectivity index (χ4v) is 4.20. The van der Waals surface area contributed by atoms with Crippen molar-refractivity contribution in [2.45, 2.75) is 57.5 Å². The van der Waals surface area contributed by atoms with Crippen LogP contribution < -0.4 is 0 Å². The van der Waals surface area contributed by atoms with Gasteiger partial charge >= 0.3 is 7.82 Å². The SMILES string of the molecule is C[N+]1(CCOP(=O)(O)OCCOC2CCCCC2)CCCCC1. The van der Waals surface area contributed by atoms with E-state index in [0.29, 0.717) is 6.61 Å². The van der Waals surface area contributed by atoms with Crippen LogP contribution in [0.2, 0.25) is 0 Å². The van der Waals surface area contributed by atoms with E-state index < -0.39 is 7.82 Å². The predicted octanol–water partition coefficient (Wildman–Crippen LogP) is 3.10. The van der Waals surface area contributed by atoms with Crippen LogP contribution in [0.3, 0.4) is 0 Å². The highest BCUT2D eigenvalue weighted by molar-refractivity contribution is 7.47. The Morgan fingerprint density at radius 3 is 2.26 bits per heavy atom. The molecule has 7 heteroatoms. The van der Waals surface area contributed by atoms with E-state index in [1.165, 1.54) is 38.5 Å². The van der Waals surface area contributed by atoms with Gasteiger partial charge < -0.3 is 14.1 Å². The highest BCUT2D eigenvalue weighted by Crippen LogP contribution is 2.43. The fourth-order valence-electron chi connectivity index (χ4n) is 3.51. The molecule has 1 unspecified atom stereocenters. The molecule has 2 rings (SSSR count). The quantitative estimate of drug-likeness (QED) is 0.393. The first-order valence-electron chi connectivity index (χ1n) is 9.06. The molecule has 0 aromatic carbocycles. The summed E-state index contributed by atoms with van der Waals surface area (Å²) in [4.78, 5) is 9.71. The zero-order valence-corrected chi connectivity index (χ0v) is 15.3. The van der Waals surface area contributed by atoms with Crippen molar-refractivity contribution in [3.05, 3.63) is 0 Å². The average Bonchev–Trinajstić information content (AvgIpc) is 2.53. The summed E-state index contributed by atoms with van der Waals surface area (Å²) in [6, 6.07) is 0. The van der Waals surface area contributed by atoms with Crippen LogP contribution in [0, 0.1) is 0 Å². The number of piperidine rings is 1. The minimum absolute atomic E-state index is 0.108. The summed E-state index contributed by atoms with van der Waals surface area (Å²) in [7, 11) is -1.77. The number of likely N-dealkylation sites (tertiary alicyclic amines) is 1. The Morgan fingerprint density at radius 1 is 0.957 bits per heavy atom. The summed E-state index contributed by atoms with van der Waals surface area (Å²) in [5, 5.41) is 0. The van der Waals surface area contributed by atoms with Gasteiger partial charge in [-0.3, -0.25) is 9.05 Å². The number of ether oxygens (including phenoxy) is 1. The third-order valence-electron chi connectivity index (χ3n) is 5.02. The molecule has 1 saturated heterocycles. The Bertz CT molecular complexity index is 381. The summed E-state index contributed by atoms with van der Waals surface area (Å²) < 4.78 is 28.6. The van der Waals surface area contributed by atoms with Crippen molar-refractivity contribution >= 4 is 7.82 Å². The van der Waals surface area contributed by atoms with E-state index in [0.717, 1.165) is 37.0 Å². The van der Waals surface area contributed by atoms with Crippen LogP contribution in [0.25, 0.3) is 0 Å². The van der Waals surface area contributed by atoms with Crippen molar-refractivity contribution < 1.29 is 27.7 Å². The minimum Gasteiger partial charge on any atom is -0.376 e. The van der Waals surface area contributed by atoms with Gasteiger partial charge in [-0.1, -0.05) is 19.3 Å². The largest absolute Gasteiger partial charge is 0.472 e. The lowest BCUT2D eigenvalue weighted by Gasteiger charge is -2.37. The molecular weight excluding hydrogens is 317 g/mol. The van der Waals surface area contributed by atoms with Gasteiger partial charge in [0.15, 0.2) is 0 Å². The topological polar surface area (TPSA) is 65.0 Å². The monoisotopic (exact) mass is 350 g/mol. The van der Waals surface area contributed by atoms with Crippen molar-refractivity contribution in [2.24, 2.45) is 0 Å². The highest BCUT2D eigenvalue weighted by Gasteiger charge is 2.27. The maximum Gasteiger partial charge on any atom is 0.472 e. The van der Waals surface area contributed by atoms with E-state index in [-0.39, 0.29) is 19.3 Å². The van der Waals surface area contributed by atoms with Gasteiger partial charge in [0, 0.05) is 0 Å². The molecule has 0 aromatic heterocycles. The highest BCUT2D eigenvalue weighted by atomic mass is 31.2. The van der Waals surface area contributed by atoms with E-state index in [4.69, 9.17) is 13.8 Å². The Labute approximate surface area is 140 Å². The Morgan fingerprint density at radius 2 is 1.57 bits per heavy atom. The van der Waals surface area contributed by atoms with Gasteiger partial charge in [0.2, 0.25) is 0 Å². The number of hydrogen-bond donors (Lipinski definition) is 1. The summed E-state index contributed by atoms with van der Waals surface area (Å²) in [6.07, 6.45) is 9.91. The number of nitrogens with zero attached hydrogens (tertiary/aromatic N) is 1. The molecule has 0 spiro atoms. The Hall–Kier alpha value is 0.0300. The van der Waals surface area contributed by atoms with Crippen molar-refractivity contribution in [2.75, 3.05) is 46.5 Å². The first kappa shape index (κ1) is 19.4. The van der Waals surface area contributed by atoms with E-state index in [9.17, 15) is 9.46 Å². The number of hydrogen-bond acceptors (Lipinski definition) is 4. The van der Waals surface area contributed by atoms with Crippen molar-refractivity contribution in [3.8, 4) is 0 Å². The van der Waals surface area contributed by atoms with E-state index in [2.05, 4.69) is 7.05 Å². The summed E-state index contributed by atoms with van der Waals surface area (Å²) in [5.41, 5.74) is 0. The summed E-state index contributed by atoms with van der Waals surface area (Å²) in [5.74, 6) is 0. The van der Waals surface area contributed by atoms with Crippen LogP contribution >= 0.6 is 7.82 Å². The first-order valence-corrected chi connectivity index (χ1v) is 10.6. The second kappa shape index (κ2) is 9.50. The lowest BCUT2D eigenvalue weighted by atomic mass is 9.98. The third-order valence-corrected chi connectivity index (χ3v) is 6.04. The Kier molecular flexibility index (Phi) is 7.99. The van der Waals surface area contributed by atoms with Crippen LogP contribution in [0.4, 0.5) is 0 Å². The number of phosphoric ester groups is 1. The van der Waals surface area contributed by atoms with Gasteiger partial charge in [-0.15, -0.1) is 0 Å².